The van der Waals surface area contributed by atoms with Crippen LogP contribution in [0.5, 0.6) is 0 Å². The van der Waals surface area contributed by atoms with Crippen LogP contribution in [0.2, 0.25) is 0 Å². The summed E-state index contributed by atoms with van der Waals surface area (Å²) in [6, 6.07) is 0.290. The quantitative estimate of drug-likeness (QED) is 0.495. The van der Waals surface area contributed by atoms with Crippen molar-refractivity contribution in [1.82, 2.24) is 0 Å². The molecule has 2 heterocycles. The van der Waals surface area contributed by atoms with Gasteiger partial charge in [0, 0.05) is 6.42 Å². The van der Waals surface area contributed by atoms with Crippen molar-refractivity contribution in [2.24, 2.45) is 0 Å². The molecule has 2 rings (SSSR count). The summed E-state index contributed by atoms with van der Waals surface area (Å²) in [5, 5.41) is 21.6. The van der Waals surface area contributed by atoms with E-state index in [0.717, 1.165) is 38.6 Å². The van der Waals surface area contributed by atoms with Crippen molar-refractivity contribution >= 4 is 0 Å². The zero-order valence-electron chi connectivity index (χ0n) is 8.11. The van der Waals surface area contributed by atoms with Crippen molar-refractivity contribution in [3.05, 3.63) is 5.21 Å². The average Bonchev–Trinajstić information content (AvgIpc) is 2.16. The topological polar surface area (TPSA) is 43.3 Å². The van der Waals surface area contributed by atoms with Crippen LogP contribution in [0.25, 0.3) is 0 Å². The zero-order valence-corrected chi connectivity index (χ0v) is 8.11. The molecule has 0 aromatic heterocycles. The summed E-state index contributed by atoms with van der Waals surface area (Å²) in [5.41, 5.74) is 0. The number of hydroxylamine groups is 3. The van der Waals surface area contributed by atoms with Gasteiger partial charge in [0.15, 0.2) is 0 Å². The molecule has 0 aliphatic carbocycles. The Bertz CT molecular complexity index is 175. The first-order chi connectivity index (χ1) is 6.27. The van der Waals surface area contributed by atoms with Crippen LogP contribution >= 0.6 is 0 Å². The van der Waals surface area contributed by atoms with E-state index in [1.54, 1.807) is 0 Å². The largest absolute Gasteiger partial charge is 0.632 e. The van der Waals surface area contributed by atoms with E-state index in [4.69, 9.17) is 0 Å². The lowest BCUT2D eigenvalue weighted by molar-refractivity contribution is -0.939. The van der Waals surface area contributed by atoms with Gasteiger partial charge in [-0.15, -0.1) is 0 Å². The van der Waals surface area contributed by atoms with Gasteiger partial charge in [-0.2, -0.15) is 0 Å². The minimum Gasteiger partial charge on any atom is -0.632 e. The molecular formula is C10H19NO2. The number of quaternary nitrogens is 1. The Balaban J connectivity index is 2.14. The third kappa shape index (κ3) is 1.49. The second kappa shape index (κ2) is 3.56. The molecule has 1 unspecified atom stereocenters. The van der Waals surface area contributed by atoms with E-state index >= 15 is 0 Å². The molecule has 0 saturated carbocycles. The van der Waals surface area contributed by atoms with Gasteiger partial charge >= 0.3 is 0 Å². The Hall–Kier alpha value is -0.120. The van der Waals surface area contributed by atoms with Gasteiger partial charge in [-0.1, -0.05) is 0 Å². The van der Waals surface area contributed by atoms with Gasteiger partial charge < -0.3 is 15.0 Å². The number of hydrogen-bond donors (Lipinski definition) is 1. The monoisotopic (exact) mass is 185 g/mol. The third-order valence-electron chi connectivity index (χ3n) is 3.82. The van der Waals surface area contributed by atoms with Crippen LogP contribution < -0.4 is 0 Å². The molecule has 3 heteroatoms. The Kier molecular flexibility index (Phi) is 2.58. The van der Waals surface area contributed by atoms with E-state index in [-0.39, 0.29) is 17.3 Å². The highest BCUT2D eigenvalue weighted by molar-refractivity contribution is 4.77. The molecule has 0 spiro atoms. The van der Waals surface area contributed by atoms with Crippen LogP contribution in [0.4, 0.5) is 0 Å². The normalized spacial score (nSPS) is 45.7. The van der Waals surface area contributed by atoms with E-state index in [9.17, 15) is 10.3 Å². The maximum Gasteiger partial charge on any atom is 0.112 e. The number of nitrogens with zero attached hydrogens (tertiary/aromatic N) is 1. The first-order valence-corrected chi connectivity index (χ1v) is 5.46. The van der Waals surface area contributed by atoms with Gasteiger partial charge in [0.05, 0.1) is 19.2 Å². The highest BCUT2D eigenvalue weighted by atomic mass is 16.6. The van der Waals surface area contributed by atoms with E-state index in [1.807, 2.05) is 0 Å². The minimum absolute atomic E-state index is 0.0148. The van der Waals surface area contributed by atoms with Crippen LogP contribution in [0.3, 0.4) is 0 Å². The second-order valence-corrected chi connectivity index (χ2v) is 4.49. The highest BCUT2D eigenvalue weighted by Crippen LogP contribution is 2.36. The summed E-state index contributed by atoms with van der Waals surface area (Å²) in [4.78, 5) is 0. The average molecular weight is 185 g/mol. The molecule has 0 bridgehead atoms. The summed E-state index contributed by atoms with van der Waals surface area (Å²) < 4.78 is -0.0729. The molecule has 0 amide bonds. The molecule has 2 aliphatic heterocycles. The molecule has 0 aromatic carbocycles. The van der Waals surface area contributed by atoms with Crippen molar-refractivity contribution in [3.8, 4) is 0 Å². The lowest BCUT2D eigenvalue weighted by Crippen LogP contribution is -2.62. The van der Waals surface area contributed by atoms with Gasteiger partial charge in [-0.05, 0) is 32.1 Å². The second-order valence-electron chi connectivity index (χ2n) is 4.49. The lowest BCUT2D eigenvalue weighted by Gasteiger charge is -2.58. The molecule has 2 aliphatic rings. The van der Waals surface area contributed by atoms with Crippen molar-refractivity contribution in [2.75, 3.05) is 13.2 Å². The van der Waals surface area contributed by atoms with Crippen molar-refractivity contribution in [2.45, 2.75) is 50.6 Å². The van der Waals surface area contributed by atoms with Gasteiger partial charge in [-0.3, -0.25) is 0 Å². The number of piperidine rings is 2. The predicted molar refractivity (Wildman–Crippen MR) is 50.9 cm³/mol. The Labute approximate surface area is 79.5 Å². The fourth-order valence-electron chi connectivity index (χ4n) is 3.02. The van der Waals surface area contributed by atoms with E-state index in [2.05, 4.69) is 0 Å². The maximum absolute atomic E-state index is 12.4. The highest BCUT2D eigenvalue weighted by Gasteiger charge is 2.40. The van der Waals surface area contributed by atoms with Crippen molar-refractivity contribution in [3.63, 3.8) is 0 Å². The molecule has 1 N–H and O–H groups in total. The lowest BCUT2D eigenvalue weighted by atomic mass is 9.88. The van der Waals surface area contributed by atoms with E-state index in [1.165, 1.54) is 6.42 Å². The molecule has 13 heavy (non-hydrogen) atoms. The number of aliphatic hydroxyl groups excluding tert-OH is 1. The summed E-state index contributed by atoms with van der Waals surface area (Å²) >= 11 is 0. The molecule has 76 valence electrons. The van der Waals surface area contributed by atoms with Crippen LogP contribution in [0.1, 0.15) is 38.5 Å². The first-order valence-electron chi connectivity index (χ1n) is 5.46. The molecule has 3 nitrogen and oxygen atoms in total. The Morgan fingerprint density at radius 1 is 1.15 bits per heavy atom. The van der Waals surface area contributed by atoms with Gasteiger partial charge in [0.1, 0.15) is 6.04 Å². The fraction of sp³-hybridized carbons (Fsp3) is 1.00. The van der Waals surface area contributed by atoms with Crippen LogP contribution in [0, 0.1) is 5.21 Å². The first kappa shape index (κ1) is 9.44. The van der Waals surface area contributed by atoms with Gasteiger partial charge in [0.2, 0.25) is 0 Å². The fourth-order valence-corrected chi connectivity index (χ4v) is 3.02. The van der Waals surface area contributed by atoms with Crippen LogP contribution in [-0.2, 0) is 0 Å². The van der Waals surface area contributed by atoms with Crippen molar-refractivity contribution < 1.29 is 9.75 Å². The number of hydrogen-bond acceptors (Lipinski definition) is 2. The summed E-state index contributed by atoms with van der Waals surface area (Å²) in [7, 11) is 0. The number of aliphatic hydroxyl groups is 1. The summed E-state index contributed by atoms with van der Waals surface area (Å²) in [6.07, 6.45) is 6.50. The molecule has 0 radical (unpaired) electrons. The van der Waals surface area contributed by atoms with E-state index in [0.29, 0.717) is 6.04 Å². The van der Waals surface area contributed by atoms with Crippen molar-refractivity contribution in [1.29, 1.82) is 0 Å². The van der Waals surface area contributed by atoms with E-state index < -0.39 is 0 Å². The SMILES string of the molecule is [O-][N+]12CCCC[C@H]1CCC[C@@H]2CO. The molecule has 0 aromatic rings. The van der Waals surface area contributed by atoms with Crippen LogP contribution in [-0.4, -0.2) is 35.0 Å². The molecule has 3 atom stereocenters. The van der Waals surface area contributed by atoms with Crippen LogP contribution in [0.15, 0.2) is 0 Å². The zero-order chi connectivity index (χ0) is 9.31. The third-order valence-corrected chi connectivity index (χ3v) is 3.82. The predicted octanol–water partition coefficient (Wildman–Crippen LogP) is 1.40. The molecular weight excluding hydrogens is 166 g/mol. The van der Waals surface area contributed by atoms with Gasteiger partial charge in [-0.25, -0.2) is 0 Å². The molecule has 2 saturated heterocycles. The summed E-state index contributed by atoms with van der Waals surface area (Å²) in [5.74, 6) is 0. The Morgan fingerprint density at radius 3 is 2.69 bits per heavy atom. The maximum atomic E-state index is 12.4. The number of rotatable bonds is 1. The van der Waals surface area contributed by atoms with Gasteiger partial charge in [0.25, 0.3) is 0 Å². The smallest absolute Gasteiger partial charge is 0.112 e. The Morgan fingerprint density at radius 2 is 1.92 bits per heavy atom. The molecule has 2 fully saturated rings. The minimum atomic E-state index is -0.0729. The standard InChI is InChI=1S/C10H19NO2/c12-8-10-6-3-5-9-4-1-2-7-11(9,10)13/h9-10,12H,1-8H2/t9-,10+,11?/m0/s1. The number of fused-ring (bicyclic) bond motifs is 1. The summed E-state index contributed by atoms with van der Waals surface area (Å²) in [6.45, 7) is 0.829.